The Morgan fingerprint density at radius 2 is 2.38 bits per heavy atom. The molecule has 0 saturated heterocycles. The van der Waals surface area contributed by atoms with Crippen molar-refractivity contribution in [2.75, 3.05) is 6.54 Å². The van der Waals surface area contributed by atoms with Gasteiger partial charge < -0.3 is 5.73 Å². The summed E-state index contributed by atoms with van der Waals surface area (Å²) < 4.78 is 0. The van der Waals surface area contributed by atoms with E-state index in [9.17, 15) is 0 Å². The van der Waals surface area contributed by atoms with Gasteiger partial charge in [-0.3, -0.25) is 4.98 Å². The van der Waals surface area contributed by atoms with Crippen molar-refractivity contribution in [2.24, 2.45) is 5.73 Å². The van der Waals surface area contributed by atoms with Crippen LogP contribution in [0, 0.1) is 6.92 Å². The number of rotatable bonds is 3. The summed E-state index contributed by atoms with van der Waals surface area (Å²) in [5.74, 6) is 0. The Bertz CT molecular complexity index is 297. The van der Waals surface area contributed by atoms with Gasteiger partial charge in [-0.05, 0) is 30.5 Å². The summed E-state index contributed by atoms with van der Waals surface area (Å²) in [6, 6.07) is 2.01. The molecule has 0 spiro atoms. The Labute approximate surface area is 79.5 Å². The predicted octanol–water partition coefficient (Wildman–Crippen LogP) is 2.14. The first-order chi connectivity index (χ1) is 6.27. The second kappa shape index (κ2) is 4.77. The molecule has 0 aliphatic heterocycles. The highest BCUT2D eigenvalue weighted by molar-refractivity contribution is 5.55. The van der Waals surface area contributed by atoms with E-state index in [1.807, 2.05) is 12.3 Å². The monoisotopic (exact) mass is 176 g/mol. The molecule has 2 nitrogen and oxygen atoms in total. The summed E-state index contributed by atoms with van der Waals surface area (Å²) in [7, 11) is 0. The van der Waals surface area contributed by atoms with E-state index >= 15 is 0 Å². The summed E-state index contributed by atoms with van der Waals surface area (Å²) >= 11 is 0. The van der Waals surface area contributed by atoms with Crippen molar-refractivity contribution in [2.45, 2.75) is 20.3 Å². The van der Waals surface area contributed by atoms with Gasteiger partial charge in [0.05, 0.1) is 0 Å². The third-order valence-corrected chi connectivity index (χ3v) is 2.16. The van der Waals surface area contributed by atoms with Crippen LogP contribution in [0.2, 0.25) is 0 Å². The molecule has 1 aromatic rings. The summed E-state index contributed by atoms with van der Waals surface area (Å²) in [5, 5.41) is 0. The zero-order valence-corrected chi connectivity index (χ0v) is 8.25. The maximum atomic E-state index is 5.59. The Morgan fingerprint density at radius 1 is 1.62 bits per heavy atom. The first kappa shape index (κ1) is 9.93. The van der Waals surface area contributed by atoms with Crippen LogP contribution in [-0.2, 0) is 0 Å². The molecule has 0 unspecified atom stereocenters. The summed E-state index contributed by atoms with van der Waals surface area (Å²) in [6.45, 7) is 4.83. The Kier molecular flexibility index (Phi) is 3.65. The second-order valence-electron chi connectivity index (χ2n) is 3.09. The normalized spacial score (nSPS) is 11.8. The van der Waals surface area contributed by atoms with Crippen LogP contribution in [0.1, 0.15) is 24.5 Å². The van der Waals surface area contributed by atoms with Gasteiger partial charge in [-0.15, -0.1) is 0 Å². The van der Waals surface area contributed by atoms with Crippen molar-refractivity contribution in [1.82, 2.24) is 4.98 Å². The summed E-state index contributed by atoms with van der Waals surface area (Å²) in [5.41, 5.74) is 9.27. The van der Waals surface area contributed by atoms with Gasteiger partial charge in [0.15, 0.2) is 0 Å². The largest absolute Gasteiger partial charge is 0.327 e. The van der Waals surface area contributed by atoms with Crippen LogP contribution in [0.4, 0.5) is 0 Å². The van der Waals surface area contributed by atoms with Gasteiger partial charge in [-0.1, -0.05) is 18.6 Å². The average Bonchev–Trinajstić information content (AvgIpc) is 2.17. The van der Waals surface area contributed by atoms with Gasteiger partial charge in [0.2, 0.25) is 0 Å². The molecule has 0 aromatic carbocycles. The fraction of sp³-hybridized carbons (Fsp3) is 0.364. The van der Waals surface area contributed by atoms with Crippen molar-refractivity contribution < 1.29 is 0 Å². The molecule has 0 saturated carbocycles. The number of aryl methyl sites for hydroxylation is 1. The highest BCUT2D eigenvalue weighted by Gasteiger charge is 1.95. The molecule has 0 fully saturated rings. The van der Waals surface area contributed by atoms with Gasteiger partial charge in [0.25, 0.3) is 0 Å². The molecular weight excluding hydrogens is 160 g/mol. The maximum Gasteiger partial charge on any atom is 0.0342 e. The van der Waals surface area contributed by atoms with E-state index in [4.69, 9.17) is 5.73 Å². The number of pyridine rings is 1. The quantitative estimate of drug-likeness (QED) is 0.766. The fourth-order valence-corrected chi connectivity index (χ4v) is 1.15. The highest BCUT2D eigenvalue weighted by Crippen LogP contribution is 2.11. The van der Waals surface area contributed by atoms with Crippen LogP contribution in [0.5, 0.6) is 0 Å². The number of hydrogen-bond donors (Lipinski definition) is 1. The Hall–Kier alpha value is -1.15. The van der Waals surface area contributed by atoms with Gasteiger partial charge in [-0.25, -0.2) is 0 Å². The topological polar surface area (TPSA) is 38.9 Å². The molecule has 0 radical (unpaired) electrons. The zero-order chi connectivity index (χ0) is 9.68. The van der Waals surface area contributed by atoms with E-state index in [1.54, 1.807) is 6.20 Å². The molecule has 0 aliphatic rings. The van der Waals surface area contributed by atoms with E-state index in [0.29, 0.717) is 6.54 Å². The molecule has 0 atom stereocenters. The lowest BCUT2D eigenvalue weighted by Crippen LogP contribution is -2.02. The number of hydrogen-bond acceptors (Lipinski definition) is 2. The molecular formula is C11H16N2. The summed E-state index contributed by atoms with van der Waals surface area (Å²) in [6.07, 6.45) is 6.81. The van der Waals surface area contributed by atoms with Gasteiger partial charge >= 0.3 is 0 Å². The van der Waals surface area contributed by atoms with E-state index in [2.05, 4.69) is 24.9 Å². The number of aromatic nitrogens is 1. The van der Waals surface area contributed by atoms with Crippen molar-refractivity contribution in [3.63, 3.8) is 0 Å². The van der Waals surface area contributed by atoms with E-state index < -0.39 is 0 Å². The molecule has 1 aromatic heterocycles. The van der Waals surface area contributed by atoms with Crippen molar-refractivity contribution >= 4 is 6.08 Å². The molecule has 13 heavy (non-hydrogen) atoms. The maximum absolute atomic E-state index is 5.59. The van der Waals surface area contributed by atoms with E-state index in [1.165, 1.54) is 16.7 Å². The Balaban J connectivity index is 2.95. The van der Waals surface area contributed by atoms with Crippen molar-refractivity contribution in [3.05, 3.63) is 35.2 Å². The van der Waals surface area contributed by atoms with Crippen molar-refractivity contribution in [3.8, 4) is 0 Å². The highest BCUT2D eigenvalue weighted by atomic mass is 14.6. The van der Waals surface area contributed by atoms with E-state index in [0.717, 1.165) is 6.42 Å². The molecule has 2 heteroatoms. The molecule has 1 rings (SSSR count). The lowest BCUT2D eigenvalue weighted by Gasteiger charge is -2.02. The van der Waals surface area contributed by atoms with Crippen LogP contribution in [0.15, 0.2) is 24.0 Å². The number of nitrogens with zero attached hydrogens (tertiary/aromatic N) is 1. The lowest BCUT2D eigenvalue weighted by atomic mass is 10.1. The van der Waals surface area contributed by atoms with Crippen LogP contribution in [-0.4, -0.2) is 11.5 Å². The van der Waals surface area contributed by atoms with Crippen LogP contribution >= 0.6 is 0 Å². The minimum Gasteiger partial charge on any atom is -0.327 e. The second-order valence-corrected chi connectivity index (χ2v) is 3.09. The fourth-order valence-electron chi connectivity index (χ4n) is 1.15. The van der Waals surface area contributed by atoms with Crippen LogP contribution in [0.3, 0.4) is 0 Å². The third-order valence-electron chi connectivity index (χ3n) is 2.16. The van der Waals surface area contributed by atoms with Crippen molar-refractivity contribution in [1.29, 1.82) is 0 Å². The minimum absolute atomic E-state index is 0.630. The Morgan fingerprint density at radius 3 is 2.92 bits per heavy atom. The molecule has 0 bridgehead atoms. The summed E-state index contributed by atoms with van der Waals surface area (Å²) in [4.78, 5) is 4.08. The third kappa shape index (κ3) is 2.67. The van der Waals surface area contributed by atoms with E-state index in [-0.39, 0.29) is 0 Å². The lowest BCUT2D eigenvalue weighted by molar-refractivity contribution is 1.02. The van der Waals surface area contributed by atoms with Gasteiger partial charge in [0.1, 0.15) is 0 Å². The molecule has 0 amide bonds. The minimum atomic E-state index is 0.630. The smallest absolute Gasteiger partial charge is 0.0342 e. The zero-order valence-electron chi connectivity index (χ0n) is 8.25. The van der Waals surface area contributed by atoms with Crippen LogP contribution < -0.4 is 5.73 Å². The SMILES string of the molecule is CC/C(=C/c1cnccc1C)CN. The standard InChI is InChI=1S/C11H16N2/c1-3-10(7-12)6-11-8-13-5-4-9(11)2/h4-6,8H,3,7,12H2,1-2H3/b10-6-. The average molecular weight is 176 g/mol. The first-order valence-corrected chi connectivity index (χ1v) is 4.58. The predicted molar refractivity (Wildman–Crippen MR) is 56.3 cm³/mol. The molecule has 2 N–H and O–H groups in total. The number of nitrogens with two attached hydrogens (primary N) is 1. The molecule has 70 valence electrons. The molecule has 1 heterocycles. The molecule has 0 aliphatic carbocycles. The first-order valence-electron chi connectivity index (χ1n) is 4.58. The van der Waals surface area contributed by atoms with Gasteiger partial charge in [0, 0.05) is 18.9 Å². The van der Waals surface area contributed by atoms with Crippen LogP contribution in [0.25, 0.3) is 6.08 Å². The van der Waals surface area contributed by atoms with Gasteiger partial charge in [-0.2, -0.15) is 0 Å².